The summed E-state index contributed by atoms with van der Waals surface area (Å²) < 4.78 is 26.7. The molecule has 0 amide bonds. The fourth-order valence-electron chi connectivity index (χ4n) is 3.76. The summed E-state index contributed by atoms with van der Waals surface area (Å²) in [4.78, 5) is 34.1. The number of nitrogens with zero attached hydrogens (tertiary/aromatic N) is 3. The van der Waals surface area contributed by atoms with E-state index in [0.29, 0.717) is 36.5 Å². The summed E-state index contributed by atoms with van der Waals surface area (Å²) in [6.45, 7) is 0.284. The molecule has 2 heterocycles. The van der Waals surface area contributed by atoms with Crippen LogP contribution in [0.2, 0.25) is 0 Å². The standard InChI is InChI=1S/C23H25N5O5S/c24-18-9-7-16(8-10-18)11-13-27-21-20(25-19(26-21)15-17-5-2-1-3-6-17)22(29)28(23(27)30)12-4-14-33-34(31)32/h1-3,5-10H,4,11-15,24H2,(H,25,26)(H,31,32). The SMILES string of the molecule is Nc1ccc(CCn2c(=O)n(CCCOS(=O)O)c(=O)c3[nH]c(Cc4ccccc4)nc32)cc1. The van der Waals surface area contributed by atoms with Crippen LogP contribution in [0.1, 0.15) is 23.4 Å². The maximum atomic E-state index is 13.3. The molecule has 4 rings (SSSR count). The minimum Gasteiger partial charge on any atom is -0.399 e. The van der Waals surface area contributed by atoms with E-state index in [9.17, 15) is 13.8 Å². The van der Waals surface area contributed by atoms with Crippen molar-refractivity contribution in [3.05, 3.63) is 92.4 Å². The lowest BCUT2D eigenvalue weighted by Gasteiger charge is -2.11. The van der Waals surface area contributed by atoms with Gasteiger partial charge in [0.05, 0.1) is 6.61 Å². The Morgan fingerprint density at radius 1 is 1.00 bits per heavy atom. The van der Waals surface area contributed by atoms with Crippen LogP contribution in [0.25, 0.3) is 11.2 Å². The van der Waals surface area contributed by atoms with Crippen molar-refractivity contribution in [3.63, 3.8) is 0 Å². The average Bonchev–Trinajstić information content (AvgIpc) is 3.23. The number of hydrogen-bond donors (Lipinski definition) is 3. The number of hydrogen-bond acceptors (Lipinski definition) is 6. The van der Waals surface area contributed by atoms with Crippen molar-refractivity contribution in [2.45, 2.75) is 32.4 Å². The first-order valence-electron chi connectivity index (χ1n) is 10.8. The monoisotopic (exact) mass is 483 g/mol. The van der Waals surface area contributed by atoms with Crippen molar-refractivity contribution >= 4 is 28.2 Å². The predicted octanol–water partition coefficient (Wildman–Crippen LogP) is 1.85. The molecule has 178 valence electrons. The van der Waals surface area contributed by atoms with Gasteiger partial charge >= 0.3 is 17.1 Å². The summed E-state index contributed by atoms with van der Waals surface area (Å²) in [6, 6.07) is 17.1. The molecule has 0 aliphatic carbocycles. The summed E-state index contributed by atoms with van der Waals surface area (Å²) in [5.41, 5.74) is 8.00. The topological polar surface area (TPSA) is 145 Å². The molecule has 0 aliphatic rings. The molecule has 0 aliphatic heterocycles. The van der Waals surface area contributed by atoms with E-state index in [1.807, 2.05) is 42.5 Å². The molecule has 0 saturated heterocycles. The van der Waals surface area contributed by atoms with Crippen LogP contribution in [0.5, 0.6) is 0 Å². The minimum atomic E-state index is -2.40. The number of anilines is 1. The third-order valence-electron chi connectivity index (χ3n) is 5.44. The number of nitrogens with one attached hydrogen (secondary N) is 1. The van der Waals surface area contributed by atoms with Crippen LogP contribution >= 0.6 is 0 Å². The van der Waals surface area contributed by atoms with E-state index in [0.717, 1.165) is 15.7 Å². The molecule has 4 aromatic rings. The van der Waals surface area contributed by atoms with Crippen LogP contribution in [0.4, 0.5) is 5.69 Å². The molecule has 0 saturated carbocycles. The van der Waals surface area contributed by atoms with E-state index in [1.54, 1.807) is 12.1 Å². The van der Waals surface area contributed by atoms with Crippen LogP contribution in [-0.4, -0.2) is 34.5 Å². The highest BCUT2D eigenvalue weighted by Gasteiger charge is 2.17. The molecule has 34 heavy (non-hydrogen) atoms. The first kappa shape index (κ1) is 23.6. The molecule has 1 atom stereocenters. The number of rotatable bonds is 10. The zero-order valence-corrected chi connectivity index (χ0v) is 19.2. The van der Waals surface area contributed by atoms with E-state index >= 15 is 0 Å². The molecule has 0 spiro atoms. The van der Waals surface area contributed by atoms with Crippen LogP contribution in [0.15, 0.2) is 64.2 Å². The Morgan fingerprint density at radius 2 is 1.74 bits per heavy atom. The molecule has 0 radical (unpaired) electrons. The largest absolute Gasteiger partial charge is 0.399 e. The lowest BCUT2D eigenvalue weighted by molar-refractivity contribution is 0.292. The van der Waals surface area contributed by atoms with Crippen molar-refractivity contribution in [2.75, 3.05) is 12.3 Å². The van der Waals surface area contributed by atoms with Gasteiger partial charge in [-0.2, -0.15) is 4.21 Å². The zero-order valence-electron chi connectivity index (χ0n) is 18.3. The highest BCUT2D eigenvalue weighted by Crippen LogP contribution is 2.12. The Morgan fingerprint density at radius 3 is 2.44 bits per heavy atom. The van der Waals surface area contributed by atoms with Crippen LogP contribution in [0.3, 0.4) is 0 Å². The Labute approximate surface area is 197 Å². The van der Waals surface area contributed by atoms with Gasteiger partial charge in [0.1, 0.15) is 11.3 Å². The fourth-order valence-corrected chi connectivity index (χ4v) is 4.02. The number of aromatic nitrogens is 4. The number of aryl methyl sites for hydroxylation is 2. The fraction of sp³-hybridized carbons (Fsp3) is 0.261. The highest BCUT2D eigenvalue weighted by molar-refractivity contribution is 7.74. The molecule has 0 fully saturated rings. The summed E-state index contributed by atoms with van der Waals surface area (Å²) in [6.07, 6.45) is 1.24. The number of imidazole rings is 1. The van der Waals surface area contributed by atoms with Gasteiger partial charge in [0, 0.05) is 25.2 Å². The highest BCUT2D eigenvalue weighted by atomic mass is 32.2. The molecular weight excluding hydrogens is 458 g/mol. The zero-order chi connectivity index (χ0) is 24.1. The first-order valence-corrected chi connectivity index (χ1v) is 11.8. The molecule has 11 heteroatoms. The lowest BCUT2D eigenvalue weighted by Crippen LogP contribution is -2.40. The second kappa shape index (κ2) is 10.6. The van der Waals surface area contributed by atoms with Gasteiger partial charge in [-0.15, -0.1) is 0 Å². The van der Waals surface area contributed by atoms with Gasteiger partial charge in [-0.3, -0.25) is 22.7 Å². The maximum absolute atomic E-state index is 13.3. The Kier molecular flexibility index (Phi) is 7.36. The number of nitrogen functional groups attached to an aromatic ring is 1. The molecule has 10 nitrogen and oxygen atoms in total. The van der Waals surface area contributed by atoms with Gasteiger partial charge < -0.3 is 10.7 Å². The number of fused-ring (bicyclic) bond motifs is 1. The van der Waals surface area contributed by atoms with E-state index < -0.39 is 22.6 Å². The lowest BCUT2D eigenvalue weighted by atomic mass is 10.1. The minimum absolute atomic E-state index is 0.0414. The van der Waals surface area contributed by atoms with E-state index in [4.69, 9.17) is 10.3 Å². The Hall–Kier alpha value is -3.54. The van der Waals surface area contributed by atoms with Gasteiger partial charge in [-0.05, 0) is 36.1 Å². The van der Waals surface area contributed by atoms with Crippen molar-refractivity contribution in [1.29, 1.82) is 0 Å². The van der Waals surface area contributed by atoms with Crippen molar-refractivity contribution in [2.24, 2.45) is 0 Å². The van der Waals surface area contributed by atoms with Crippen LogP contribution in [0, 0.1) is 0 Å². The van der Waals surface area contributed by atoms with E-state index in [2.05, 4.69) is 14.2 Å². The van der Waals surface area contributed by atoms with Crippen LogP contribution in [-0.2, 0) is 41.5 Å². The summed E-state index contributed by atoms with van der Waals surface area (Å²) in [7, 11) is 0. The number of H-pyrrole nitrogens is 1. The van der Waals surface area contributed by atoms with Gasteiger partial charge in [0.15, 0.2) is 5.65 Å². The van der Waals surface area contributed by atoms with Crippen LogP contribution < -0.4 is 17.0 Å². The predicted molar refractivity (Wildman–Crippen MR) is 130 cm³/mol. The van der Waals surface area contributed by atoms with Gasteiger partial charge in [-0.1, -0.05) is 42.5 Å². The molecular formula is C23H25N5O5S. The Bertz CT molecular complexity index is 1410. The normalized spacial score (nSPS) is 12.3. The maximum Gasteiger partial charge on any atom is 0.332 e. The van der Waals surface area contributed by atoms with Crippen molar-refractivity contribution in [3.8, 4) is 0 Å². The molecule has 4 N–H and O–H groups in total. The third kappa shape index (κ3) is 5.50. The smallest absolute Gasteiger partial charge is 0.332 e. The third-order valence-corrected chi connectivity index (χ3v) is 5.81. The average molecular weight is 484 g/mol. The molecule has 0 bridgehead atoms. The van der Waals surface area contributed by atoms with Gasteiger partial charge in [-0.25, -0.2) is 9.78 Å². The van der Waals surface area contributed by atoms with Gasteiger partial charge in [0.25, 0.3) is 5.56 Å². The summed E-state index contributed by atoms with van der Waals surface area (Å²) >= 11 is -2.40. The quantitative estimate of drug-likeness (QED) is 0.177. The van der Waals surface area contributed by atoms with Crippen molar-refractivity contribution in [1.82, 2.24) is 19.1 Å². The number of aromatic amines is 1. The van der Waals surface area contributed by atoms with E-state index in [-0.39, 0.29) is 25.1 Å². The van der Waals surface area contributed by atoms with Gasteiger partial charge in [0.2, 0.25) is 0 Å². The van der Waals surface area contributed by atoms with E-state index in [1.165, 1.54) is 4.57 Å². The Balaban J connectivity index is 1.70. The summed E-state index contributed by atoms with van der Waals surface area (Å²) in [5, 5.41) is 0. The molecule has 2 aromatic carbocycles. The second-order valence-corrected chi connectivity index (χ2v) is 8.49. The number of nitrogens with two attached hydrogens (primary N) is 1. The first-order chi connectivity index (χ1) is 16.4. The second-order valence-electron chi connectivity index (χ2n) is 7.82. The molecule has 1 unspecified atom stereocenters. The summed E-state index contributed by atoms with van der Waals surface area (Å²) in [5.74, 6) is 0.579. The van der Waals surface area contributed by atoms with Crippen molar-refractivity contribution < 1.29 is 12.9 Å². The molecule has 2 aromatic heterocycles. The number of benzene rings is 2.